The van der Waals surface area contributed by atoms with Gasteiger partial charge in [0, 0.05) is 18.0 Å². The van der Waals surface area contributed by atoms with Crippen molar-refractivity contribution >= 4 is 27.8 Å². The number of fused-ring (bicyclic) bond motifs is 1. The van der Waals surface area contributed by atoms with Gasteiger partial charge in [0.2, 0.25) is 0 Å². The Balaban J connectivity index is 1.82. The lowest BCUT2D eigenvalue weighted by Crippen LogP contribution is -2.31. The van der Waals surface area contributed by atoms with Crippen molar-refractivity contribution in [2.75, 3.05) is 7.11 Å². The molecule has 0 radical (unpaired) electrons. The highest BCUT2D eigenvalue weighted by atomic mass is 16.5. The SMILES string of the molecule is COC(=O)C[C@@H](c1c(O)c2ccccc2oc1=O)c1cc2cccc3c2n(c1=O)CCC3. The maximum Gasteiger partial charge on any atom is 0.343 e. The minimum atomic E-state index is -1.02. The van der Waals surface area contributed by atoms with Crippen molar-refractivity contribution in [2.24, 2.45) is 0 Å². The van der Waals surface area contributed by atoms with Crippen molar-refractivity contribution < 1.29 is 19.1 Å². The van der Waals surface area contributed by atoms with Crippen LogP contribution in [0.15, 0.2) is 62.5 Å². The smallest absolute Gasteiger partial charge is 0.343 e. The summed E-state index contributed by atoms with van der Waals surface area (Å²) >= 11 is 0. The van der Waals surface area contributed by atoms with E-state index in [0.717, 1.165) is 29.3 Å². The Morgan fingerprint density at radius 2 is 2.00 bits per heavy atom. The van der Waals surface area contributed by atoms with Crippen LogP contribution < -0.4 is 11.2 Å². The molecule has 7 nitrogen and oxygen atoms in total. The average molecular weight is 431 g/mol. The van der Waals surface area contributed by atoms with Gasteiger partial charge in [-0.05, 0) is 42.0 Å². The van der Waals surface area contributed by atoms with Gasteiger partial charge in [-0.1, -0.05) is 30.3 Å². The van der Waals surface area contributed by atoms with Crippen molar-refractivity contribution in [3.63, 3.8) is 0 Å². The normalized spacial score (nSPS) is 13.9. The Hall–Kier alpha value is -3.87. The van der Waals surface area contributed by atoms with Crippen molar-refractivity contribution in [3.8, 4) is 5.75 Å². The number of para-hydroxylation sites is 2. The summed E-state index contributed by atoms with van der Waals surface area (Å²) in [4.78, 5) is 38.8. The molecule has 0 unspecified atom stereocenters. The molecule has 1 N–H and O–H groups in total. The number of benzene rings is 2. The molecule has 0 spiro atoms. The third-order valence-corrected chi connectivity index (χ3v) is 6.19. The number of methoxy groups -OCH3 is 1. The fourth-order valence-electron chi connectivity index (χ4n) is 4.71. The number of hydrogen-bond donors (Lipinski definition) is 1. The number of hydrogen-bond acceptors (Lipinski definition) is 6. The zero-order valence-corrected chi connectivity index (χ0v) is 17.5. The minimum absolute atomic E-state index is 0.120. The summed E-state index contributed by atoms with van der Waals surface area (Å²) in [5.74, 6) is -1.92. The molecule has 1 aliphatic rings. The summed E-state index contributed by atoms with van der Waals surface area (Å²) in [5, 5.41) is 12.2. The third-order valence-electron chi connectivity index (χ3n) is 6.19. The lowest BCUT2D eigenvalue weighted by molar-refractivity contribution is -0.140. The van der Waals surface area contributed by atoms with Crippen molar-refractivity contribution in [2.45, 2.75) is 31.7 Å². The third kappa shape index (κ3) is 3.09. The Labute approximate surface area is 182 Å². The molecule has 162 valence electrons. The van der Waals surface area contributed by atoms with E-state index in [1.807, 2.05) is 18.2 Å². The summed E-state index contributed by atoms with van der Waals surface area (Å²) in [5.41, 5.74) is 1.25. The molecule has 1 atom stereocenters. The Kier molecular flexibility index (Phi) is 4.81. The van der Waals surface area contributed by atoms with E-state index < -0.39 is 17.5 Å². The van der Waals surface area contributed by atoms with Gasteiger partial charge < -0.3 is 18.8 Å². The van der Waals surface area contributed by atoms with Gasteiger partial charge in [0.05, 0.1) is 30.0 Å². The van der Waals surface area contributed by atoms with Crippen molar-refractivity contribution in [1.29, 1.82) is 0 Å². The van der Waals surface area contributed by atoms with Crippen LogP contribution in [-0.4, -0.2) is 22.8 Å². The number of carbonyl (C=O) groups is 1. The molecule has 0 saturated carbocycles. The fraction of sp³-hybridized carbons (Fsp3) is 0.240. The Morgan fingerprint density at radius 3 is 2.81 bits per heavy atom. The number of nitrogens with zero attached hydrogens (tertiary/aromatic N) is 1. The molecule has 1 aliphatic heterocycles. The fourth-order valence-corrected chi connectivity index (χ4v) is 4.71. The van der Waals surface area contributed by atoms with Gasteiger partial charge in [0.15, 0.2) is 0 Å². The number of aromatic hydroxyl groups is 1. The minimum Gasteiger partial charge on any atom is -0.507 e. The second kappa shape index (κ2) is 7.67. The number of aryl methyl sites for hydroxylation is 2. The first kappa shape index (κ1) is 20.1. The lowest BCUT2D eigenvalue weighted by Gasteiger charge is -2.23. The highest BCUT2D eigenvalue weighted by Gasteiger charge is 2.31. The highest BCUT2D eigenvalue weighted by molar-refractivity contribution is 5.86. The van der Waals surface area contributed by atoms with E-state index >= 15 is 0 Å². The highest BCUT2D eigenvalue weighted by Crippen LogP contribution is 2.36. The molecular formula is C25H21NO6. The first-order valence-electron chi connectivity index (χ1n) is 10.5. The van der Waals surface area contributed by atoms with Crippen LogP contribution >= 0.6 is 0 Å². The van der Waals surface area contributed by atoms with Gasteiger partial charge >= 0.3 is 11.6 Å². The molecule has 3 heterocycles. The van der Waals surface area contributed by atoms with Crippen LogP contribution in [0.1, 0.15) is 35.4 Å². The van der Waals surface area contributed by atoms with Gasteiger partial charge in [0.1, 0.15) is 11.3 Å². The molecule has 0 fully saturated rings. The molecule has 7 heteroatoms. The quantitative estimate of drug-likeness (QED) is 0.393. The van der Waals surface area contributed by atoms with E-state index in [1.165, 1.54) is 7.11 Å². The van der Waals surface area contributed by atoms with Gasteiger partial charge in [-0.3, -0.25) is 9.59 Å². The molecule has 2 aromatic heterocycles. The van der Waals surface area contributed by atoms with E-state index in [4.69, 9.17) is 9.15 Å². The molecule has 5 rings (SSSR count). The van der Waals surface area contributed by atoms with Crippen LogP contribution in [0.3, 0.4) is 0 Å². The predicted octanol–water partition coefficient (Wildman–Crippen LogP) is 3.45. The van der Waals surface area contributed by atoms with Crippen molar-refractivity contribution in [1.82, 2.24) is 4.57 Å². The first-order valence-corrected chi connectivity index (χ1v) is 10.5. The van der Waals surface area contributed by atoms with Crippen LogP contribution in [0.2, 0.25) is 0 Å². The lowest BCUT2D eigenvalue weighted by atomic mass is 9.87. The summed E-state index contributed by atoms with van der Waals surface area (Å²) in [6.45, 7) is 0.545. The maximum absolute atomic E-state index is 13.6. The zero-order chi connectivity index (χ0) is 22.4. The standard InChI is InChI=1S/C25H21NO6/c1-31-20(27)13-17(21-23(28)16-9-2-3-10-19(16)32-25(21)30)18-12-15-7-4-6-14-8-5-11-26(22(14)15)24(18)29/h2-4,6-7,9-10,12,17,28H,5,8,11,13H2,1H3/t17-/m1/s1. The summed E-state index contributed by atoms with van der Waals surface area (Å²) in [6.07, 6.45) is 1.42. The van der Waals surface area contributed by atoms with E-state index in [-0.39, 0.29) is 34.4 Å². The summed E-state index contributed by atoms with van der Waals surface area (Å²) in [7, 11) is 1.24. The Bertz CT molecular complexity index is 1500. The van der Waals surface area contributed by atoms with Gasteiger partial charge in [-0.25, -0.2) is 4.79 Å². The number of aromatic nitrogens is 1. The molecule has 0 saturated heterocycles. The molecule has 0 bridgehead atoms. The van der Waals surface area contributed by atoms with Crippen LogP contribution in [-0.2, 0) is 22.5 Å². The topological polar surface area (TPSA) is 98.7 Å². The van der Waals surface area contributed by atoms with E-state index in [1.54, 1.807) is 34.9 Å². The van der Waals surface area contributed by atoms with Crippen LogP contribution in [0.25, 0.3) is 21.9 Å². The van der Waals surface area contributed by atoms with Crippen LogP contribution in [0.5, 0.6) is 5.75 Å². The van der Waals surface area contributed by atoms with Crippen molar-refractivity contribution in [3.05, 3.63) is 86.0 Å². The first-order chi connectivity index (χ1) is 15.5. The number of rotatable bonds is 4. The molecule has 4 aromatic rings. The van der Waals surface area contributed by atoms with E-state index in [0.29, 0.717) is 11.9 Å². The number of ether oxygens (including phenoxy) is 1. The summed E-state index contributed by atoms with van der Waals surface area (Å²) < 4.78 is 12.0. The average Bonchev–Trinajstić information content (AvgIpc) is 2.80. The molecule has 32 heavy (non-hydrogen) atoms. The largest absolute Gasteiger partial charge is 0.507 e. The Morgan fingerprint density at radius 1 is 1.19 bits per heavy atom. The maximum atomic E-state index is 13.6. The molecule has 0 aliphatic carbocycles. The van der Waals surface area contributed by atoms with E-state index in [2.05, 4.69) is 0 Å². The molecule has 0 amide bonds. The zero-order valence-electron chi connectivity index (χ0n) is 17.5. The van der Waals surface area contributed by atoms with Crippen LogP contribution in [0, 0.1) is 0 Å². The van der Waals surface area contributed by atoms with Gasteiger partial charge in [0.25, 0.3) is 5.56 Å². The number of carbonyl (C=O) groups excluding carboxylic acids is 1. The summed E-state index contributed by atoms with van der Waals surface area (Å²) in [6, 6.07) is 14.1. The number of pyridine rings is 1. The van der Waals surface area contributed by atoms with Gasteiger partial charge in [-0.2, -0.15) is 0 Å². The number of esters is 1. The van der Waals surface area contributed by atoms with Gasteiger partial charge in [-0.15, -0.1) is 0 Å². The second-order valence-corrected chi connectivity index (χ2v) is 8.00. The van der Waals surface area contributed by atoms with E-state index in [9.17, 15) is 19.5 Å². The molecule has 2 aromatic carbocycles. The monoisotopic (exact) mass is 431 g/mol. The molecular weight excluding hydrogens is 410 g/mol. The predicted molar refractivity (Wildman–Crippen MR) is 119 cm³/mol. The van der Waals surface area contributed by atoms with Crippen LogP contribution in [0.4, 0.5) is 0 Å². The second-order valence-electron chi connectivity index (χ2n) is 8.00.